The van der Waals surface area contributed by atoms with Crippen molar-refractivity contribution in [3.05, 3.63) is 29.6 Å². The monoisotopic (exact) mass is 235 g/mol. The maximum atomic E-state index is 4.51. The minimum atomic E-state index is 0.519. The van der Waals surface area contributed by atoms with Gasteiger partial charge in [0.25, 0.3) is 0 Å². The molecular weight excluding hydrogens is 210 g/mol. The van der Waals surface area contributed by atoms with Gasteiger partial charge in [0.2, 0.25) is 0 Å². The fourth-order valence-electron chi connectivity index (χ4n) is 1.65. The van der Waals surface area contributed by atoms with Gasteiger partial charge in [-0.25, -0.2) is 0 Å². The number of nitrogens with one attached hydrogen (secondary N) is 1. The maximum absolute atomic E-state index is 4.51. The number of hydrogen-bond donors (Lipinski definition) is 1. The quantitative estimate of drug-likeness (QED) is 0.786. The molecule has 0 amide bonds. The van der Waals surface area contributed by atoms with Gasteiger partial charge in [-0.05, 0) is 24.7 Å². The summed E-state index contributed by atoms with van der Waals surface area (Å²) in [6, 6.07) is 4.82. The standard InChI is InChI=1S/C14H25N3/c1-5-17(6-2)11-14-8-7-13(10-16-14)9-15-12(3)4/h7-8,10,12,15H,5-6,9,11H2,1-4H3. The molecule has 0 aliphatic heterocycles. The van der Waals surface area contributed by atoms with Crippen molar-refractivity contribution in [2.24, 2.45) is 0 Å². The van der Waals surface area contributed by atoms with Crippen LogP contribution in [0.15, 0.2) is 18.3 Å². The van der Waals surface area contributed by atoms with Crippen molar-refractivity contribution in [3.8, 4) is 0 Å². The molecule has 0 radical (unpaired) electrons. The highest BCUT2D eigenvalue weighted by Crippen LogP contribution is 2.04. The Kier molecular flexibility index (Phi) is 6.16. The Morgan fingerprint density at radius 2 is 1.94 bits per heavy atom. The summed E-state index contributed by atoms with van der Waals surface area (Å²) in [5.74, 6) is 0. The van der Waals surface area contributed by atoms with Crippen LogP contribution in [0.4, 0.5) is 0 Å². The Hall–Kier alpha value is -0.930. The average Bonchev–Trinajstić information content (AvgIpc) is 2.34. The van der Waals surface area contributed by atoms with Gasteiger partial charge in [0.1, 0.15) is 0 Å². The number of rotatable bonds is 7. The zero-order valence-corrected chi connectivity index (χ0v) is 11.5. The van der Waals surface area contributed by atoms with Crippen LogP contribution in [0.2, 0.25) is 0 Å². The second kappa shape index (κ2) is 7.41. The van der Waals surface area contributed by atoms with Crippen molar-refractivity contribution in [2.75, 3.05) is 13.1 Å². The molecule has 1 aromatic rings. The van der Waals surface area contributed by atoms with Crippen LogP contribution in [0.3, 0.4) is 0 Å². The normalized spacial score (nSPS) is 11.4. The van der Waals surface area contributed by atoms with Crippen LogP contribution in [0.1, 0.15) is 39.0 Å². The first kappa shape index (κ1) is 14.1. The highest BCUT2D eigenvalue weighted by Gasteiger charge is 2.02. The predicted molar refractivity (Wildman–Crippen MR) is 72.8 cm³/mol. The Morgan fingerprint density at radius 3 is 2.41 bits per heavy atom. The van der Waals surface area contributed by atoms with E-state index in [4.69, 9.17) is 0 Å². The van der Waals surface area contributed by atoms with E-state index in [1.54, 1.807) is 0 Å². The smallest absolute Gasteiger partial charge is 0.0544 e. The third-order valence-electron chi connectivity index (χ3n) is 2.88. The fourth-order valence-corrected chi connectivity index (χ4v) is 1.65. The molecule has 0 fully saturated rings. The summed E-state index contributed by atoms with van der Waals surface area (Å²) in [6.45, 7) is 12.7. The highest BCUT2D eigenvalue weighted by atomic mass is 15.1. The minimum absolute atomic E-state index is 0.519. The molecule has 1 N–H and O–H groups in total. The van der Waals surface area contributed by atoms with Crippen molar-refractivity contribution >= 4 is 0 Å². The van der Waals surface area contributed by atoms with Gasteiger partial charge in [0.05, 0.1) is 5.69 Å². The number of pyridine rings is 1. The summed E-state index contributed by atoms with van der Waals surface area (Å²) in [5, 5.41) is 3.39. The van der Waals surface area contributed by atoms with Gasteiger partial charge in [-0.15, -0.1) is 0 Å². The van der Waals surface area contributed by atoms with Gasteiger partial charge in [0.15, 0.2) is 0 Å². The zero-order chi connectivity index (χ0) is 12.7. The molecule has 0 spiro atoms. The predicted octanol–water partition coefficient (Wildman–Crippen LogP) is 2.42. The van der Waals surface area contributed by atoms with Crippen molar-refractivity contribution < 1.29 is 0 Å². The van der Waals surface area contributed by atoms with Crippen molar-refractivity contribution in [2.45, 2.75) is 46.8 Å². The lowest BCUT2D eigenvalue weighted by Crippen LogP contribution is -2.23. The van der Waals surface area contributed by atoms with Crippen LogP contribution in [-0.2, 0) is 13.1 Å². The average molecular weight is 235 g/mol. The van der Waals surface area contributed by atoms with Crippen LogP contribution in [-0.4, -0.2) is 29.0 Å². The Morgan fingerprint density at radius 1 is 1.24 bits per heavy atom. The molecule has 1 heterocycles. The SMILES string of the molecule is CCN(CC)Cc1ccc(CNC(C)C)cn1. The summed E-state index contributed by atoms with van der Waals surface area (Å²) in [4.78, 5) is 6.88. The largest absolute Gasteiger partial charge is 0.310 e. The van der Waals surface area contributed by atoms with Crippen molar-refractivity contribution in [1.82, 2.24) is 15.2 Å². The van der Waals surface area contributed by atoms with E-state index in [2.05, 4.69) is 55.0 Å². The van der Waals surface area contributed by atoms with Gasteiger partial charge in [0, 0.05) is 25.3 Å². The van der Waals surface area contributed by atoms with Crippen molar-refractivity contribution in [1.29, 1.82) is 0 Å². The third-order valence-corrected chi connectivity index (χ3v) is 2.88. The second-order valence-corrected chi connectivity index (χ2v) is 4.65. The van der Waals surface area contributed by atoms with Crippen molar-refractivity contribution in [3.63, 3.8) is 0 Å². The van der Waals surface area contributed by atoms with E-state index in [0.717, 1.165) is 31.9 Å². The van der Waals surface area contributed by atoms with Gasteiger partial charge >= 0.3 is 0 Å². The van der Waals surface area contributed by atoms with E-state index in [-0.39, 0.29) is 0 Å². The highest BCUT2D eigenvalue weighted by molar-refractivity contribution is 5.14. The summed E-state index contributed by atoms with van der Waals surface area (Å²) in [7, 11) is 0. The first-order valence-corrected chi connectivity index (χ1v) is 6.55. The lowest BCUT2D eigenvalue weighted by atomic mass is 10.2. The lowest BCUT2D eigenvalue weighted by molar-refractivity contribution is 0.292. The lowest BCUT2D eigenvalue weighted by Gasteiger charge is -2.17. The number of aromatic nitrogens is 1. The van der Waals surface area contributed by atoms with Crippen LogP contribution in [0, 0.1) is 0 Å². The Labute approximate surface area is 105 Å². The van der Waals surface area contributed by atoms with Crippen LogP contribution >= 0.6 is 0 Å². The molecule has 1 rings (SSSR count). The fraction of sp³-hybridized carbons (Fsp3) is 0.643. The maximum Gasteiger partial charge on any atom is 0.0544 e. The van der Waals surface area contributed by atoms with E-state index in [1.807, 2.05) is 6.20 Å². The van der Waals surface area contributed by atoms with Gasteiger partial charge in [-0.3, -0.25) is 9.88 Å². The van der Waals surface area contributed by atoms with Crippen LogP contribution < -0.4 is 5.32 Å². The molecule has 1 aromatic heterocycles. The number of hydrogen-bond acceptors (Lipinski definition) is 3. The molecule has 0 aliphatic rings. The minimum Gasteiger partial charge on any atom is -0.310 e. The van der Waals surface area contributed by atoms with E-state index < -0.39 is 0 Å². The zero-order valence-electron chi connectivity index (χ0n) is 11.5. The molecular formula is C14H25N3. The summed E-state index contributed by atoms with van der Waals surface area (Å²) in [6.07, 6.45) is 1.98. The molecule has 0 aliphatic carbocycles. The summed E-state index contributed by atoms with van der Waals surface area (Å²) in [5.41, 5.74) is 2.41. The molecule has 96 valence electrons. The van der Waals surface area contributed by atoms with Gasteiger partial charge in [-0.2, -0.15) is 0 Å². The second-order valence-electron chi connectivity index (χ2n) is 4.65. The molecule has 17 heavy (non-hydrogen) atoms. The molecule has 0 saturated heterocycles. The molecule has 3 heteroatoms. The summed E-state index contributed by atoms with van der Waals surface area (Å²) < 4.78 is 0. The molecule has 0 bridgehead atoms. The molecule has 3 nitrogen and oxygen atoms in total. The van der Waals surface area contributed by atoms with Gasteiger partial charge < -0.3 is 5.32 Å². The third kappa shape index (κ3) is 5.29. The summed E-state index contributed by atoms with van der Waals surface area (Å²) >= 11 is 0. The molecule has 0 aromatic carbocycles. The van der Waals surface area contributed by atoms with E-state index >= 15 is 0 Å². The number of nitrogens with zero attached hydrogens (tertiary/aromatic N) is 2. The molecule has 0 saturated carbocycles. The van der Waals surface area contributed by atoms with Crippen LogP contribution in [0.5, 0.6) is 0 Å². The van der Waals surface area contributed by atoms with E-state index in [1.165, 1.54) is 5.56 Å². The van der Waals surface area contributed by atoms with E-state index in [0.29, 0.717) is 6.04 Å². The van der Waals surface area contributed by atoms with Gasteiger partial charge in [-0.1, -0.05) is 33.8 Å². The Balaban J connectivity index is 2.49. The Bertz CT molecular complexity index is 302. The topological polar surface area (TPSA) is 28.2 Å². The first-order chi connectivity index (χ1) is 8.15. The first-order valence-electron chi connectivity index (χ1n) is 6.55. The van der Waals surface area contributed by atoms with Crippen LogP contribution in [0.25, 0.3) is 0 Å². The molecule has 0 unspecified atom stereocenters. The molecule has 0 atom stereocenters. The van der Waals surface area contributed by atoms with E-state index in [9.17, 15) is 0 Å².